The Morgan fingerprint density at radius 3 is 2.25 bits per heavy atom. The number of thiocarbonyl (C=S) groups is 1. The number of aliphatic imine (C=N–C) groups is 1. The van der Waals surface area contributed by atoms with Crippen LogP contribution in [0.15, 0.2) is 15.2 Å². The largest absolute Gasteiger partial charge is 0.197 e. The smallest absolute Gasteiger partial charge is 0.128 e. The first kappa shape index (κ1) is 8.12. The first-order chi connectivity index (χ1) is 3.68. The van der Waals surface area contributed by atoms with Crippen LogP contribution in [-0.4, -0.2) is 5.16 Å². The summed E-state index contributed by atoms with van der Waals surface area (Å²) in [5.41, 5.74) is 0.489. The maximum absolute atomic E-state index is 5.27. The van der Waals surface area contributed by atoms with Crippen LogP contribution in [-0.2, 0) is 0 Å². The van der Waals surface area contributed by atoms with E-state index in [9.17, 15) is 0 Å². The normalized spacial score (nSPS) is 7.38. The van der Waals surface area contributed by atoms with Crippen molar-refractivity contribution in [2.75, 3.05) is 0 Å². The summed E-state index contributed by atoms with van der Waals surface area (Å²) in [6, 6.07) is 0. The van der Waals surface area contributed by atoms with Gasteiger partial charge in [-0.25, -0.2) is 0 Å². The molecule has 44 valence electrons. The molecule has 0 radical (unpaired) electrons. The zero-order chi connectivity index (χ0) is 6.57. The van der Waals surface area contributed by atoms with E-state index in [2.05, 4.69) is 22.4 Å². The Morgan fingerprint density at radius 2 is 2.12 bits per heavy atom. The molecule has 0 unspecified atom stereocenters. The quantitative estimate of drug-likeness (QED) is 0.433. The molecule has 0 saturated carbocycles. The van der Waals surface area contributed by atoms with E-state index in [-0.39, 0.29) is 4.49 Å². The molecule has 0 aromatic rings. The molecule has 0 spiro atoms. The minimum absolute atomic E-state index is 0.127. The van der Waals surface area contributed by atoms with Gasteiger partial charge in [0.25, 0.3) is 0 Å². The van der Waals surface area contributed by atoms with Gasteiger partial charge in [-0.15, -0.1) is 0 Å². The van der Waals surface area contributed by atoms with Gasteiger partial charge in [-0.05, 0) is 19.1 Å². The Labute approximate surface area is 63.0 Å². The van der Waals surface area contributed by atoms with Gasteiger partial charge in [-0.2, -0.15) is 4.99 Å². The van der Waals surface area contributed by atoms with Crippen LogP contribution < -0.4 is 0 Å². The molecule has 0 N–H and O–H groups in total. The molecule has 0 atom stereocenters. The molecule has 0 aliphatic carbocycles. The Morgan fingerprint density at radius 1 is 1.62 bits per heavy atom. The molecule has 0 rings (SSSR count). The Kier molecular flexibility index (Phi) is 4.11. The number of halogens is 2. The minimum atomic E-state index is 0.127. The summed E-state index contributed by atoms with van der Waals surface area (Å²) in [4.78, 5) is 3.50. The maximum Gasteiger partial charge on any atom is 0.128 e. The average molecular weight is 168 g/mol. The van der Waals surface area contributed by atoms with Crippen molar-refractivity contribution < 1.29 is 0 Å². The fourth-order valence-electron chi connectivity index (χ4n) is 0.111. The van der Waals surface area contributed by atoms with E-state index < -0.39 is 0 Å². The molecule has 0 fully saturated rings. The third kappa shape index (κ3) is 3.16. The van der Waals surface area contributed by atoms with Gasteiger partial charge in [0, 0.05) is 0 Å². The molecular weight excluding hydrogens is 165 g/mol. The minimum Gasteiger partial charge on any atom is -0.197 e. The molecule has 0 heterocycles. The summed E-state index contributed by atoms with van der Waals surface area (Å²) < 4.78 is 0.127. The van der Waals surface area contributed by atoms with Crippen LogP contribution >= 0.6 is 35.4 Å². The van der Waals surface area contributed by atoms with Crippen molar-refractivity contribution >= 4 is 40.6 Å². The second-order valence-electron chi connectivity index (χ2n) is 1.05. The molecule has 0 aliphatic rings. The van der Waals surface area contributed by atoms with Crippen LogP contribution in [0.1, 0.15) is 6.92 Å². The molecule has 0 aliphatic heterocycles. The van der Waals surface area contributed by atoms with Gasteiger partial charge in [-0.3, -0.25) is 0 Å². The number of nitrogens with zero attached hydrogens (tertiary/aromatic N) is 1. The number of allylic oxidation sites excluding steroid dienone is 1. The monoisotopic (exact) mass is 167 g/mol. The number of hydrogen-bond donors (Lipinski definition) is 0. The molecule has 8 heavy (non-hydrogen) atoms. The summed E-state index contributed by atoms with van der Waals surface area (Å²) in [7, 11) is 0. The van der Waals surface area contributed by atoms with Crippen molar-refractivity contribution in [2.45, 2.75) is 6.92 Å². The van der Waals surface area contributed by atoms with E-state index in [0.717, 1.165) is 0 Å². The van der Waals surface area contributed by atoms with Gasteiger partial charge in [-0.1, -0.05) is 23.2 Å². The summed E-state index contributed by atoms with van der Waals surface area (Å²) in [5, 5.41) is 2.13. The third-order valence-corrected chi connectivity index (χ3v) is 1.13. The Balaban J connectivity index is 4.22. The predicted molar refractivity (Wildman–Crippen MR) is 39.4 cm³/mol. The first-order valence-corrected chi connectivity index (χ1v) is 2.94. The highest BCUT2D eigenvalue weighted by Gasteiger charge is 1.88. The van der Waals surface area contributed by atoms with Crippen LogP contribution in [0.5, 0.6) is 0 Å². The lowest BCUT2D eigenvalue weighted by atomic mass is 10.6. The van der Waals surface area contributed by atoms with Crippen LogP contribution in [0.3, 0.4) is 0 Å². The van der Waals surface area contributed by atoms with Crippen LogP contribution in [0.4, 0.5) is 0 Å². The molecule has 4 heteroatoms. The van der Waals surface area contributed by atoms with E-state index in [1.807, 2.05) is 0 Å². The zero-order valence-corrected chi connectivity index (χ0v) is 6.44. The highest BCUT2D eigenvalue weighted by atomic mass is 35.5. The summed E-state index contributed by atoms with van der Waals surface area (Å²) in [5.74, 6) is 0. The lowest BCUT2D eigenvalue weighted by Gasteiger charge is -1.83. The second-order valence-corrected chi connectivity index (χ2v) is 2.18. The molecule has 0 amide bonds. The van der Waals surface area contributed by atoms with Crippen LogP contribution in [0.2, 0.25) is 0 Å². The van der Waals surface area contributed by atoms with E-state index in [0.29, 0.717) is 5.70 Å². The van der Waals surface area contributed by atoms with Crippen molar-refractivity contribution in [3.05, 3.63) is 10.2 Å². The van der Waals surface area contributed by atoms with Crippen molar-refractivity contribution in [1.82, 2.24) is 0 Å². The van der Waals surface area contributed by atoms with E-state index in [4.69, 9.17) is 23.2 Å². The first-order valence-electron chi connectivity index (χ1n) is 1.78. The maximum atomic E-state index is 5.27. The van der Waals surface area contributed by atoms with Crippen molar-refractivity contribution in [3.63, 3.8) is 0 Å². The fraction of sp³-hybridized carbons (Fsp3) is 0.250. The summed E-state index contributed by atoms with van der Waals surface area (Å²) in [6.45, 7) is 1.65. The third-order valence-electron chi connectivity index (χ3n) is 0.487. The van der Waals surface area contributed by atoms with Crippen molar-refractivity contribution in [3.8, 4) is 0 Å². The highest BCUT2D eigenvalue weighted by molar-refractivity contribution is 7.78. The Bertz CT molecular complexity index is 153. The SMILES string of the molecule is CC(N=C=S)=C(Cl)Cl. The van der Waals surface area contributed by atoms with Crippen LogP contribution in [0.25, 0.3) is 0 Å². The van der Waals surface area contributed by atoms with Gasteiger partial charge in [0.05, 0.1) is 10.9 Å². The van der Waals surface area contributed by atoms with Gasteiger partial charge < -0.3 is 0 Å². The topological polar surface area (TPSA) is 12.4 Å². The number of hydrogen-bond acceptors (Lipinski definition) is 2. The van der Waals surface area contributed by atoms with Gasteiger partial charge in [0.1, 0.15) is 4.49 Å². The van der Waals surface area contributed by atoms with E-state index in [1.165, 1.54) is 0 Å². The Hall–Kier alpha value is 0.120. The predicted octanol–water partition coefficient (Wildman–Crippen LogP) is 2.76. The molecule has 0 aromatic carbocycles. The van der Waals surface area contributed by atoms with Crippen molar-refractivity contribution in [2.24, 2.45) is 4.99 Å². The lowest BCUT2D eigenvalue weighted by Crippen LogP contribution is -1.65. The number of isothiocyanates is 1. The van der Waals surface area contributed by atoms with Gasteiger partial charge >= 0.3 is 0 Å². The summed E-state index contributed by atoms with van der Waals surface area (Å²) >= 11 is 14.8. The van der Waals surface area contributed by atoms with Crippen molar-refractivity contribution in [1.29, 1.82) is 0 Å². The molecule has 1 nitrogen and oxygen atoms in total. The van der Waals surface area contributed by atoms with E-state index >= 15 is 0 Å². The zero-order valence-electron chi connectivity index (χ0n) is 4.11. The average Bonchev–Trinajstić information content (AvgIpc) is 1.67. The van der Waals surface area contributed by atoms with Gasteiger partial charge in [0.2, 0.25) is 0 Å². The van der Waals surface area contributed by atoms with Gasteiger partial charge in [0.15, 0.2) is 0 Å². The van der Waals surface area contributed by atoms with Crippen LogP contribution in [0, 0.1) is 0 Å². The second kappa shape index (κ2) is 4.04. The standard InChI is InChI=1S/C4H3Cl2NS/c1-3(4(5)6)7-2-8/h1H3. The number of rotatable bonds is 1. The fourth-order valence-corrected chi connectivity index (χ4v) is 0.332. The lowest BCUT2D eigenvalue weighted by molar-refractivity contribution is 1.33. The molecule has 0 bridgehead atoms. The van der Waals surface area contributed by atoms with E-state index in [1.54, 1.807) is 6.92 Å². The molecule has 0 saturated heterocycles. The summed E-state index contributed by atoms with van der Waals surface area (Å²) in [6.07, 6.45) is 0. The molecular formula is C4H3Cl2NS. The highest BCUT2D eigenvalue weighted by Crippen LogP contribution is 2.13. The molecule has 0 aromatic heterocycles.